The minimum atomic E-state index is -0.726. The van der Waals surface area contributed by atoms with Crippen LogP contribution < -0.4 is 10.2 Å². The van der Waals surface area contributed by atoms with E-state index in [1.54, 1.807) is 6.07 Å². The minimum Gasteiger partial charge on any atom is -0.452 e. The first kappa shape index (κ1) is 21.2. The predicted molar refractivity (Wildman–Crippen MR) is 115 cm³/mol. The summed E-state index contributed by atoms with van der Waals surface area (Å²) in [6.45, 7) is 1.79. The van der Waals surface area contributed by atoms with Gasteiger partial charge in [-0.15, -0.1) is 0 Å². The predicted octanol–water partition coefficient (Wildman–Crippen LogP) is 2.67. The summed E-state index contributed by atoms with van der Waals surface area (Å²) in [6, 6.07) is 4.17. The number of nitro benzene ring substituents is 1. The maximum Gasteiger partial charge on any atom is 0.341 e. The van der Waals surface area contributed by atoms with Crippen LogP contribution in [0.25, 0.3) is 0 Å². The zero-order valence-electron chi connectivity index (χ0n) is 18.1. The number of ether oxygens (including phenoxy) is 2. The maximum atomic E-state index is 12.9. The van der Waals surface area contributed by atoms with E-state index in [-0.39, 0.29) is 29.3 Å². The normalized spacial score (nSPS) is 30.8. The van der Waals surface area contributed by atoms with Gasteiger partial charge in [-0.3, -0.25) is 14.9 Å². The van der Waals surface area contributed by atoms with Gasteiger partial charge in [0.05, 0.1) is 29.4 Å². The van der Waals surface area contributed by atoms with Crippen LogP contribution in [0.1, 0.15) is 48.9 Å². The molecule has 172 valence electrons. The number of anilines is 1. The fraction of sp³-hybridized carbons (Fsp3) is 0.652. The molecule has 4 aliphatic carbocycles. The summed E-state index contributed by atoms with van der Waals surface area (Å²) in [5.74, 6) is 1.08. The molecule has 1 amide bonds. The molecule has 4 saturated carbocycles. The average Bonchev–Trinajstić information content (AvgIpc) is 2.76. The molecule has 1 saturated heterocycles. The van der Waals surface area contributed by atoms with E-state index in [2.05, 4.69) is 5.32 Å². The van der Waals surface area contributed by atoms with Crippen LogP contribution >= 0.6 is 0 Å². The molecule has 0 atom stereocenters. The summed E-state index contributed by atoms with van der Waals surface area (Å²) in [7, 11) is 0. The smallest absolute Gasteiger partial charge is 0.341 e. The van der Waals surface area contributed by atoms with Crippen LogP contribution in [-0.4, -0.2) is 55.2 Å². The number of esters is 1. The molecule has 1 aliphatic heterocycles. The van der Waals surface area contributed by atoms with Crippen LogP contribution in [0.15, 0.2) is 18.2 Å². The number of non-ortho nitro benzene ring substituents is 1. The SMILES string of the molecule is O=C(COC(=O)c1cc([N+](=O)[O-])ccc1N1CCOCC1)NC12CC3CC(CC(C3)C1)C2. The zero-order chi connectivity index (χ0) is 22.3. The highest BCUT2D eigenvalue weighted by Gasteiger charge is 2.51. The van der Waals surface area contributed by atoms with Crippen molar-refractivity contribution in [3.05, 3.63) is 33.9 Å². The first-order valence-electron chi connectivity index (χ1n) is 11.5. The summed E-state index contributed by atoms with van der Waals surface area (Å²) in [4.78, 5) is 38.2. The molecule has 1 aromatic carbocycles. The van der Waals surface area contributed by atoms with Gasteiger partial charge in [-0.25, -0.2) is 4.79 Å². The topological polar surface area (TPSA) is 111 Å². The Morgan fingerprint density at radius 1 is 1.12 bits per heavy atom. The molecule has 0 radical (unpaired) electrons. The van der Waals surface area contributed by atoms with E-state index in [0.717, 1.165) is 19.3 Å². The molecule has 1 heterocycles. The third-order valence-electron chi connectivity index (χ3n) is 7.54. The average molecular weight is 444 g/mol. The maximum absolute atomic E-state index is 12.9. The largest absolute Gasteiger partial charge is 0.452 e. The Morgan fingerprint density at radius 3 is 2.34 bits per heavy atom. The summed E-state index contributed by atoms with van der Waals surface area (Å²) in [5.41, 5.74) is 0.323. The first-order chi connectivity index (χ1) is 15.4. The molecule has 1 aromatic rings. The van der Waals surface area contributed by atoms with Crippen molar-refractivity contribution in [3.8, 4) is 0 Å². The van der Waals surface area contributed by atoms with Crippen molar-refractivity contribution in [2.75, 3.05) is 37.8 Å². The Kier molecular flexibility index (Phi) is 5.53. The Bertz CT molecular complexity index is 891. The van der Waals surface area contributed by atoms with E-state index in [9.17, 15) is 19.7 Å². The van der Waals surface area contributed by atoms with Crippen LogP contribution in [0.5, 0.6) is 0 Å². The lowest BCUT2D eigenvalue weighted by Crippen LogP contribution is -2.60. The van der Waals surface area contributed by atoms with Crippen LogP contribution in [0.2, 0.25) is 0 Å². The van der Waals surface area contributed by atoms with Gasteiger partial charge in [0.2, 0.25) is 0 Å². The van der Waals surface area contributed by atoms with Crippen molar-refractivity contribution in [3.63, 3.8) is 0 Å². The molecule has 0 spiro atoms. The number of nitro groups is 1. The summed E-state index contributed by atoms with van der Waals surface area (Å²) >= 11 is 0. The van der Waals surface area contributed by atoms with E-state index in [0.29, 0.717) is 49.7 Å². The summed E-state index contributed by atoms with van der Waals surface area (Å²) in [6.07, 6.45) is 6.89. The fourth-order valence-corrected chi connectivity index (χ4v) is 6.69. The number of nitrogens with one attached hydrogen (secondary N) is 1. The quantitative estimate of drug-likeness (QED) is 0.409. The van der Waals surface area contributed by atoms with Crippen molar-refractivity contribution < 1.29 is 24.0 Å². The van der Waals surface area contributed by atoms with Gasteiger partial charge in [-0.1, -0.05) is 0 Å². The van der Waals surface area contributed by atoms with Gasteiger partial charge < -0.3 is 19.7 Å². The van der Waals surface area contributed by atoms with E-state index in [1.807, 2.05) is 4.90 Å². The monoisotopic (exact) mass is 443 g/mol. The highest BCUT2D eigenvalue weighted by atomic mass is 16.6. The number of benzene rings is 1. The van der Waals surface area contributed by atoms with Crippen LogP contribution in [0.3, 0.4) is 0 Å². The molecule has 0 aromatic heterocycles. The lowest BCUT2D eigenvalue weighted by molar-refractivity contribution is -0.384. The molecule has 9 nitrogen and oxygen atoms in total. The Labute approximate surface area is 186 Å². The van der Waals surface area contributed by atoms with Crippen molar-refractivity contribution in [1.82, 2.24) is 5.32 Å². The molecule has 6 rings (SSSR count). The second kappa shape index (κ2) is 8.35. The molecule has 0 unspecified atom stereocenters. The third kappa shape index (κ3) is 4.18. The minimum absolute atomic E-state index is 0.101. The second-order valence-electron chi connectivity index (χ2n) is 9.88. The standard InChI is InChI=1S/C23H29N3O6/c27-21(24-23-11-15-7-16(12-23)9-17(8-15)13-23)14-32-22(28)19-10-18(26(29)30)1-2-20(19)25-3-5-31-6-4-25/h1-2,10,15-17H,3-9,11-14H2,(H,24,27). The van der Waals surface area contributed by atoms with Gasteiger partial charge in [0, 0.05) is 30.8 Å². The van der Waals surface area contributed by atoms with E-state index >= 15 is 0 Å². The molecule has 5 fully saturated rings. The number of nitrogens with zero attached hydrogens (tertiary/aromatic N) is 2. The van der Waals surface area contributed by atoms with Crippen LogP contribution in [0.4, 0.5) is 11.4 Å². The fourth-order valence-electron chi connectivity index (χ4n) is 6.69. The number of carbonyl (C=O) groups excluding carboxylic acids is 2. The lowest BCUT2D eigenvalue weighted by Gasteiger charge is -2.56. The lowest BCUT2D eigenvalue weighted by atomic mass is 9.53. The Morgan fingerprint density at radius 2 is 1.75 bits per heavy atom. The van der Waals surface area contributed by atoms with Gasteiger partial charge in [-0.05, 0) is 62.3 Å². The van der Waals surface area contributed by atoms with Gasteiger partial charge >= 0.3 is 5.97 Å². The highest BCUT2D eigenvalue weighted by molar-refractivity contribution is 5.97. The molecular formula is C23H29N3O6. The molecule has 5 aliphatic rings. The molecule has 1 N–H and O–H groups in total. The van der Waals surface area contributed by atoms with E-state index in [4.69, 9.17) is 9.47 Å². The van der Waals surface area contributed by atoms with Gasteiger partial charge in [-0.2, -0.15) is 0 Å². The number of amides is 1. The number of hydrogen-bond donors (Lipinski definition) is 1. The van der Waals surface area contributed by atoms with Gasteiger partial charge in [0.15, 0.2) is 6.61 Å². The van der Waals surface area contributed by atoms with Crippen molar-refractivity contribution in [2.45, 2.75) is 44.1 Å². The van der Waals surface area contributed by atoms with Crippen molar-refractivity contribution >= 4 is 23.3 Å². The first-order valence-corrected chi connectivity index (χ1v) is 11.5. The molecule has 4 bridgehead atoms. The van der Waals surface area contributed by atoms with E-state index < -0.39 is 10.9 Å². The summed E-state index contributed by atoms with van der Waals surface area (Å²) in [5, 5.41) is 14.4. The van der Waals surface area contributed by atoms with Gasteiger partial charge in [0.25, 0.3) is 11.6 Å². The van der Waals surface area contributed by atoms with Crippen molar-refractivity contribution in [1.29, 1.82) is 0 Å². The van der Waals surface area contributed by atoms with E-state index in [1.165, 1.54) is 31.4 Å². The molecular weight excluding hydrogens is 414 g/mol. The highest BCUT2D eigenvalue weighted by Crippen LogP contribution is 2.55. The number of hydrogen-bond acceptors (Lipinski definition) is 7. The number of carbonyl (C=O) groups is 2. The molecule has 32 heavy (non-hydrogen) atoms. The number of morpholine rings is 1. The van der Waals surface area contributed by atoms with Crippen LogP contribution in [-0.2, 0) is 14.3 Å². The van der Waals surface area contributed by atoms with Crippen molar-refractivity contribution in [2.24, 2.45) is 17.8 Å². The number of rotatable bonds is 6. The van der Waals surface area contributed by atoms with Crippen LogP contribution in [0, 0.1) is 27.9 Å². The Balaban J connectivity index is 1.26. The molecule has 9 heteroatoms. The zero-order valence-corrected chi connectivity index (χ0v) is 18.1. The van der Waals surface area contributed by atoms with Gasteiger partial charge in [0.1, 0.15) is 0 Å². The Hall–Kier alpha value is -2.68. The third-order valence-corrected chi connectivity index (χ3v) is 7.54. The summed E-state index contributed by atoms with van der Waals surface area (Å²) < 4.78 is 10.7. The second-order valence-corrected chi connectivity index (χ2v) is 9.88.